The van der Waals surface area contributed by atoms with Gasteiger partial charge in [-0.3, -0.25) is 5.10 Å². The molecule has 0 saturated carbocycles. The van der Waals surface area contributed by atoms with Crippen molar-refractivity contribution in [2.45, 2.75) is 18.8 Å². The number of nitrogens with zero attached hydrogens (tertiary/aromatic N) is 5. The van der Waals surface area contributed by atoms with Crippen molar-refractivity contribution in [1.29, 1.82) is 0 Å². The van der Waals surface area contributed by atoms with Gasteiger partial charge in [0.25, 0.3) is 0 Å². The van der Waals surface area contributed by atoms with Gasteiger partial charge >= 0.3 is 0 Å². The van der Waals surface area contributed by atoms with E-state index < -0.39 is 0 Å². The van der Waals surface area contributed by atoms with Crippen LogP contribution < -0.4 is 5.84 Å². The second-order valence-electron chi connectivity index (χ2n) is 7.90. The number of hydrazone groups is 1. The number of aromatic amines is 2. The highest BCUT2D eigenvalue weighted by molar-refractivity contribution is 6.10. The van der Waals surface area contributed by atoms with Crippen LogP contribution in [0.2, 0.25) is 0 Å². The fraction of sp³-hybridized carbons (Fsp3) is 0.273. The summed E-state index contributed by atoms with van der Waals surface area (Å²) >= 11 is 0. The van der Waals surface area contributed by atoms with E-state index in [1.165, 1.54) is 5.56 Å². The SMILES string of the molecule is C=C(/C=N\N)c1ccc2[nH]nc(-c3nc4nccc(C5CCN(C)CC5)c4[nH]3)c2c1. The minimum absolute atomic E-state index is 0.515. The van der Waals surface area contributed by atoms with Gasteiger partial charge < -0.3 is 15.7 Å². The Labute approximate surface area is 173 Å². The van der Waals surface area contributed by atoms with Gasteiger partial charge in [0.1, 0.15) is 5.69 Å². The largest absolute Gasteiger partial charge is 0.335 e. The first-order valence-electron chi connectivity index (χ1n) is 10.1. The molecule has 0 bridgehead atoms. The van der Waals surface area contributed by atoms with Crippen LogP contribution in [0.15, 0.2) is 42.1 Å². The molecule has 0 aliphatic carbocycles. The number of allylic oxidation sites excluding steroid dienone is 1. The minimum atomic E-state index is 0.515. The number of likely N-dealkylation sites (tertiary alicyclic amines) is 1. The summed E-state index contributed by atoms with van der Waals surface area (Å²) in [6.45, 7) is 6.23. The molecule has 0 atom stereocenters. The van der Waals surface area contributed by atoms with E-state index >= 15 is 0 Å². The van der Waals surface area contributed by atoms with Crippen molar-refractivity contribution in [2.24, 2.45) is 10.9 Å². The first kappa shape index (κ1) is 18.5. The summed E-state index contributed by atoms with van der Waals surface area (Å²) in [5.41, 5.74) is 6.39. The molecule has 1 aliphatic heterocycles. The average molecular weight is 400 g/mol. The molecule has 8 heteroatoms. The van der Waals surface area contributed by atoms with Gasteiger partial charge in [0.05, 0.1) is 17.2 Å². The molecule has 1 fully saturated rings. The highest BCUT2D eigenvalue weighted by Gasteiger charge is 2.22. The lowest BCUT2D eigenvalue weighted by Crippen LogP contribution is -2.29. The van der Waals surface area contributed by atoms with Gasteiger partial charge in [0.15, 0.2) is 11.5 Å². The number of nitrogens with one attached hydrogen (secondary N) is 2. The third kappa shape index (κ3) is 3.15. The van der Waals surface area contributed by atoms with Crippen molar-refractivity contribution in [3.8, 4) is 11.5 Å². The van der Waals surface area contributed by atoms with E-state index in [9.17, 15) is 0 Å². The average Bonchev–Trinajstić information content (AvgIpc) is 3.37. The molecule has 1 saturated heterocycles. The third-order valence-electron chi connectivity index (χ3n) is 5.97. The lowest BCUT2D eigenvalue weighted by molar-refractivity contribution is 0.256. The van der Waals surface area contributed by atoms with Crippen molar-refractivity contribution in [1.82, 2.24) is 30.0 Å². The maximum atomic E-state index is 5.27. The Balaban J connectivity index is 1.58. The lowest BCUT2D eigenvalue weighted by atomic mass is 9.89. The Morgan fingerprint density at radius 2 is 2.13 bits per heavy atom. The van der Waals surface area contributed by atoms with Gasteiger partial charge in [0, 0.05) is 11.6 Å². The predicted octanol–water partition coefficient (Wildman–Crippen LogP) is 3.27. The fourth-order valence-electron chi connectivity index (χ4n) is 4.26. The molecule has 1 aliphatic rings. The van der Waals surface area contributed by atoms with E-state index in [1.54, 1.807) is 6.21 Å². The fourth-order valence-corrected chi connectivity index (χ4v) is 4.26. The number of fused-ring (bicyclic) bond motifs is 2. The quantitative estimate of drug-likeness (QED) is 0.276. The summed E-state index contributed by atoms with van der Waals surface area (Å²) in [5.74, 6) is 6.50. The van der Waals surface area contributed by atoms with Crippen LogP contribution in [0.4, 0.5) is 0 Å². The Morgan fingerprint density at radius 3 is 2.93 bits per heavy atom. The van der Waals surface area contributed by atoms with Crippen molar-refractivity contribution in [3.63, 3.8) is 0 Å². The van der Waals surface area contributed by atoms with E-state index in [0.717, 1.165) is 64.8 Å². The van der Waals surface area contributed by atoms with Crippen LogP contribution in [0, 0.1) is 0 Å². The minimum Gasteiger partial charge on any atom is -0.335 e. The van der Waals surface area contributed by atoms with Gasteiger partial charge in [-0.25, -0.2) is 9.97 Å². The smallest absolute Gasteiger partial charge is 0.178 e. The summed E-state index contributed by atoms with van der Waals surface area (Å²) in [5, 5.41) is 12.1. The first-order valence-corrected chi connectivity index (χ1v) is 10.1. The Morgan fingerprint density at radius 1 is 1.30 bits per heavy atom. The molecule has 3 aromatic heterocycles. The summed E-state index contributed by atoms with van der Waals surface area (Å²) in [6.07, 6.45) is 5.68. The van der Waals surface area contributed by atoms with E-state index in [-0.39, 0.29) is 0 Å². The van der Waals surface area contributed by atoms with Crippen LogP contribution in [-0.2, 0) is 0 Å². The number of imidazole rings is 1. The summed E-state index contributed by atoms with van der Waals surface area (Å²) < 4.78 is 0. The molecule has 0 spiro atoms. The zero-order valence-electron chi connectivity index (χ0n) is 16.9. The monoisotopic (exact) mass is 400 g/mol. The number of hydrogen-bond donors (Lipinski definition) is 3. The number of hydrogen-bond acceptors (Lipinski definition) is 6. The standard InChI is InChI=1S/C22H24N8/c1-13(12-25-23)15-3-4-18-17(11-15)20(29-28-18)22-26-19-16(5-8-24-21(19)27-22)14-6-9-30(2)10-7-14/h3-5,8,11-12,14H,1,6-7,9-10,23H2,2H3,(H,28,29)(H,24,26,27)/b25-12-. The number of nitrogens with two attached hydrogens (primary N) is 1. The van der Waals surface area contributed by atoms with Gasteiger partial charge in [-0.2, -0.15) is 10.2 Å². The van der Waals surface area contributed by atoms with Gasteiger partial charge in [-0.15, -0.1) is 0 Å². The van der Waals surface area contributed by atoms with Crippen LogP contribution in [0.25, 0.3) is 39.2 Å². The maximum absolute atomic E-state index is 5.27. The Hall–Kier alpha value is -3.52. The molecular weight excluding hydrogens is 376 g/mol. The van der Waals surface area contributed by atoms with Crippen LogP contribution >= 0.6 is 0 Å². The predicted molar refractivity (Wildman–Crippen MR) is 120 cm³/mol. The maximum Gasteiger partial charge on any atom is 0.178 e. The molecule has 1 aromatic carbocycles. The molecule has 4 heterocycles. The zero-order chi connectivity index (χ0) is 20.7. The van der Waals surface area contributed by atoms with Crippen molar-refractivity contribution in [3.05, 3.63) is 48.2 Å². The van der Waals surface area contributed by atoms with E-state index in [0.29, 0.717) is 11.7 Å². The molecule has 4 N–H and O–H groups in total. The summed E-state index contributed by atoms with van der Waals surface area (Å²) in [4.78, 5) is 15.1. The number of aromatic nitrogens is 5. The topological polar surface area (TPSA) is 112 Å². The van der Waals surface area contributed by atoms with Crippen LogP contribution in [0.3, 0.4) is 0 Å². The molecule has 152 valence electrons. The van der Waals surface area contributed by atoms with Crippen LogP contribution in [0.5, 0.6) is 0 Å². The van der Waals surface area contributed by atoms with Crippen LogP contribution in [0.1, 0.15) is 29.9 Å². The molecule has 0 amide bonds. The molecular formula is C22H24N8. The molecule has 0 unspecified atom stereocenters. The molecule has 4 aromatic rings. The number of benzene rings is 1. The van der Waals surface area contributed by atoms with Crippen molar-refractivity contribution in [2.75, 3.05) is 20.1 Å². The number of rotatable bonds is 4. The Kier molecular flexibility index (Phi) is 4.55. The van der Waals surface area contributed by atoms with Gasteiger partial charge in [-0.05, 0) is 73.8 Å². The molecule has 30 heavy (non-hydrogen) atoms. The second-order valence-corrected chi connectivity index (χ2v) is 7.90. The number of piperidine rings is 1. The van der Waals surface area contributed by atoms with Gasteiger partial charge in [0.2, 0.25) is 0 Å². The first-order chi connectivity index (χ1) is 14.6. The van der Waals surface area contributed by atoms with E-state index in [2.05, 4.69) is 49.9 Å². The van der Waals surface area contributed by atoms with E-state index in [1.807, 2.05) is 24.4 Å². The number of pyridine rings is 1. The van der Waals surface area contributed by atoms with E-state index in [4.69, 9.17) is 10.8 Å². The lowest BCUT2D eigenvalue weighted by Gasteiger charge is -2.29. The second kappa shape index (κ2) is 7.38. The molecule has 0 radical (unpaired) electrons. The normalized spacial score (nSPS) is 16.2. The summed E-state index contributed by atoms with van der Waals surface area (Å²) in [6, 6.07) is 8.09. The van der Waals surface area contributed by atoms with Crippen molar-refractivity contribution < 1.29 is 0 Å². The highest BCUT2D eigenvalue weighted by atomic mass is 15.1. The van der Waals surface area contributed by atoms with Crippen LogP contribution in [-0.4, -0.2) is 56.4 Å². The number of H-pyrrole nitrogens is 2. The summed E-state index contributed by atoms with van der Waals surface area (Å²) in [7, 11) is 2.18. The van der Waals surface area contributed by atoms with Gasteiger partial charge in [-0.1, -0.05) is 12.6 Å². The molecule has 8 nitrogen and oxygen atoms in total. The molecule has 5 rings (SSSR count). The Bertz CT molecular complexity index is 1260. The zero-order valence-corrected chi connectivity index (χ0v) is 16.9. The van der Waals surface area contributed by atoms with Crippen molar-refractivity contribution >= 4 is 33.9 Å². The highest BCUT2D eigenvalue weighted by Crippen LogP contribution is 2.33. The third-order valence-corrected chi connectivity index (χ3v) is 5.97.